The Balaban J connectivity index is 2.73. The molecule has 1 aromatic rings. The number of sulfonamides is 1. The van der Waals surface area contributed by atoms with Gasteiger partial charge in [-0.15, -0.1) is 4.83 Å². The van der Waals surface area contributed by atoms with Gasteiger partial charge in [-0.25, -0.2) is 8.42 Å². The van der Waals surface area contributed by atoms with Crippen molar-refractivity contribution in [3.8, 4) is 0 Å². The minimum absolute atomic E-state index is 0.0220. The third-order valence-corrected chi connectivity index (χ3v) is 2.59. The van der Waals surface area contributed by atoms with Gasteiger partial charge in [0, 0.05) is 0 Å². The zero-order chi connectivity index (χ0) is 8.77. The van der Waals surface area contributed by atoms with Crippen LogP contribution >= 0.6 is 0 Å². The fraction of sp³-hybridized carbons (Fsp3) is 0. The van der Waals surface area contributed by atoms with Crippen LogP contribution in [0.5, 0.6) is 0 Å². The van der Waals surface area contributed by atoms with E-state index < -0.39 is 15.9 Å². The van der Waals surface area contributed by atoms with Gasteiger partial charge in [-0.05, 0) is 6.07 Å². The number of carbonyl (C=O) groups is 1. The average molecular weight is 188 g/mol. The molecule has 0 unspecified atom stereocenters. The maximum absolute atomic E-state index is 11.1. The van der Waals surface area contributed by atoms with Crippen molar-refractivity contribution in [2.75, 3.05) is 0 Å². The first-order valence-corrected chi connectivity index (χ1v) is 4.49. The third kappa shape index (κ3) is 0.836. The first-order valence-electron chi connectivity index (χ1n) is 3.01. The van der Waals surface area contributed by atoms with Crippen LogP contribution in [0, 0.1) is 0 Å². The summed E-state index contributed by atoms with van der Waals surface area (Å²) in [5.74, 6) is -0.520. The summed E-state index contributed by atoms with van der Waals surface area (Å²) in [6.07, 6.45) is 1.15. The van der Waals surface area contributed by atoms with Crippen LogP contribution in [0.2, 0.25) is 0 Å². The van der Waals surface area contributed by atoms with Crippen molar-refractivity contribution in [1.82, 2.24) is 10.3 Å². The van der Waals surface area contributed by atoms with Crippen molar-refractivity contribution in [1.29, 1.82) is 0 Å². The molecule has 0 radical (unpaired) electrons. The van der Waals surface area contributed by atoms with E-state index in [4.69, 9.17) is 0 Å². The van der Waals surface area contributed by atoms with E-state index in [0.29, 0.717) is 0 Å². The maximum Gasteiger partial charge on any atom is 0.291 e. The smallest absolute Gasteiger partial charge is 0.291 e. The molecular formula is C5H4N2O4S. The molecule has 0 aromatic carbocycles. The van der Waals surface area contributed by atoms with Gasteiger partial charge in [0.1, 0.15) is 0 Å². The molecule has 7 heteroatoms. The standard InChI is InChI=1S/C5H4N2O4S/c8-4-3-1-2-11-5(3)12(9,10)7-6-4/h1-2,7H,(H,6,8). The molecule has 1 aliphatic rings. The topological polar surface area (TPSA) is 88.4 Å². The van der Waals surface area contributed by atoms with Crippen molar-refractivity contribution in [3.05, 3.63) is 17.9 Å². The zero-order valence-electron chi connectivity index (χ0n) is 5.70. The number of amides is 1. The normalized spacial score (nSPS) is 19.8. The second kappa shape index (κ2) is 2.08. The lowest BCUT2D eigenvalue weighted by atomic mass is 10.3. The van der Waals surface area contributed by atoms with Crippen LogP contribution in [0.4, 0.5) is 0 Å². The Bertz CT molecular complexity index is 432. The number of fused-ring (bicyclic) bond motifs is 1. The number of hydrogen-bond acceptors (Lipinski definition) is 4. The Hall–Kier alpha value is -1.34. The average Bonchev–Trinajstić information content (AvgIpc) is 2.46. The number of carbonyl (C=O) groups excluding carboxylic acids is 1. The first kappa shape index (κ1) is 7.32. The highest BCUT2D eigenvalue weighted by atomic mass is 32.2. The lowest BCUT2D eigenvalue weighted by Gasteiger charge is -2.11. The molecule has 12 heavy (non-hydrogen) atoms. The van der Waals surface area contributed by atoms with Gasteiger partial charge in [-0.3, -0.25) is 10.2 Å². The second-order valence-corrected chi connectivity index (χ2v) is 3.76. The van der Waals surface area contributed by atoms with E-state index in [-0.39, 0.29) is 10.7 Å². The molecule has 0 saturated carbocycles. The van der Waals surface area contributed by atoms with Crippen LogP contribution < -0.4 is 10.3 Å². The second-order valence-electron chi connectivity index (χ2n) is 2.18. The summed E-state index contributed by atoms with van der Waals surface area (Å²) in [5.41, 5.74) is 2.00. The molecule has 64 valence electrons. The molecule has 2 heterocycles. The van der Waals surface area contributed by atoms with Gasteiger partial charge in [0.05, 0.1) is 11.8 Å². The molecule has 6 nitrogen and oxygen atoms in total. The molecule has 0 aliphatic carbocycles. The first-order chi connectivity index (χ1) is 5.61. The van der Waals surface area contributed by atoms with Gasteiger partial charge < -0.3 is 4.42 Å². The summed E-state index contributed by atoms with van der Waals surface area (Å²) in [6.45, 7) is 0. The van der Waals surface area contributed by atoms with Crippen LogP contribution in [0.25, 0.3) is 0 Å². The van der Waals surface area contributed by atoms with Crippen LogP contribution in [0.1, 0.15) is 10.4 Å². The molecular weight excluding hydrogens is 184 g/mol. The molecule has 0 fully saturated rings. The molecule has 2 rings (SSSR count). The maximum atomic E-state index is 11.1. The molecule has 0 saturated heterocycles. The fourth-order valence-corrected chi connectivity index (χ4v) is 1.85. The van der Waals surface area contributed by atoms with Crippen LogP contribution in [0.3, 0.4) is 0 Å². The molecule has 1 aromatic heterocycles. The Kier molecular flexibility index (Phi) is 1.27. The SMILES string of the molecule is O=C1NNS(=O)(=O)c2occc21. The van der Waals surface area contributed by atoms with E-state index in [9.17, 15) is 13.2 Å². The lowest BCUT2D eigenvalue weighted by molar-refractivity contribution is 0.0932. The highest BCUT2D eigenvalue weighted by Gasteiger charge is 2.31. The predicted molar refractivity (Wildman–Crippen MR) is 36.5 cm³/mol. The predicted octanol–water partition coefficient (Wildman–Crippen LogP) is -0.784. The number of rotatable bonds is 0. The van der Waals surface area contributed by atoms with Gasteiger partial charge in [0.2, 0.25) is 5.09 Å². The summed E-state index contributed by atoms with van der Waals surface area (Å²) >= 11 is 0. The fourth-order valence-electron chi connectivity index (χ4n) is 0.899. The number of hydrogen-bond donors (Lipinski definition) is 2. The summed E-state index contributed by atoms with van der Waals surface area (Å²) in [5, 5.41) is -0.341. The van der Waals surface area contributed by atoms with E-state index in [0.717, 1.165) is 6.26 Å². The zero-order valence-corrected chi connectivity index (χ0v) is 6.51. The van der Waals surface area contributed by atoms with Gasteiger partial charge in [0.25, 0.3) is 15.9 Å². The van der Waals surface area contributed by atoms with E-state index in [1.54, 1.807) is 0 Å². The van der Waals surface area contributed by atoms with Crippen LogP contribution in [0.15, 0.2) is 21.8 Å². The third-order valence-electron chi connectivity index (χ3n) is 1.42. The van der Waals surface area contributed by atoms with Crippen molar-refractivity contribution >= 4 is 15.9 Å². The van der Waals surface area contributed by atoms with Crippen LogP contribution in [-0.2, 0) is 10.0 Å². The molecule has 1 aliphatic heterocycles. The molecule has 0 bridgehead atoms. The molecule has 1 amide bonds. The van der Waals surface area contributed by atoms with Gasteiger partial charge in [-0.2, -0.15) is 0 Å². The lowest BCUT2D eigenvalue weighted by Crippen LogP contribution is -2.46. The van der Waals surface area contributed by atoms with Crippen molar-refractivity contribution in [3.63, 3.8) is 0 Å². The minimum atomic E-state index is -3.68. The highest BCUT2D eigenvalue weighted by Crippen LogP contribution is 2.18. The van der Waals surface area contributed by atoms with Gasteiger partial charge in [0.15, 0.2) is 0 Å². The molecule has 2 N–H and O–H groups in total. The monoisotopic (exact) mass is 188 g/mol. The summed E-state index contributed by atoms with van der Waals surface area (Å²) in [6, 6.07) is 1.29. The number of nitrogens with one attached hydrogen (secondary N) is 2. The minimum Gasteiger partial charge on any atom is -0.451 e. The van der Waals surface area contributed by atoms with Crippen molar-refractivity contribution in [2.45, 2.75) is 5.09 Å². The molecule has 0 atom stereocenters. The Morgan fingerprint density at radius 1 is 1.42 bits per heavy atom. The Morgan fingerprint density at radius 2 is 2.17 bits per heavy atom. The summed E-state index contributed by atoms with van der Waals surface area (Å²) in [4.78, 5) is 12.8. The van der Waals surface area contributed by atoms with Gasteiger partial charge >= 0.3 is 0 Å². The van der Waals surface area contributed by atoms with E-state index in [2.05, 4.69) is 4.42 Å². The largest absolute Gasteiger partial charge is 0.451 e. The highest BCUT2D eigenvalue weighted by molar-refractivity contribution is 7.89. The molecule has 0 spiro atoms. The number of furan rings is 1. The summed E-state index contributed by atoms with van der Waals surface area (Å²) < 4.78 is 26.8. The Labute approximate surface area is 67.6 Å². The van der Waals surface area contributed by atoms with Crippen molar-refractivity contribution < 1.29 is 17.6 Å². The number of hydrazine groups is 1. The van der Waals surface area contributed by atoms with E-state index in [1.165, 1.54) is 6.07 Å². The summed E-state index contributed by atoms with van der Waals surface area (Å²) in [7, 11) is -3.68. The van der Waals surface area contributed by atoms with E-state index in [1.807, 2.05) is 10.3 Å². The Morgan fingerprint density at radius 3 is 2.83 bits per heavy atom. The quantitative estimate of drug-likeness (QED) is 0.558. The van der Waals surface area contributed by atoms with Crippen molar-refractivity contribution in [2.24, 2.45) is 0 Å². The van der Waals surface area contributed by atoms with Crippen LogP contribution in [-0.4, -0.2) is 14.3 Å². The van der Waals surface area contributed by atoms with Gasteiger partial charge in [-0.1, -0.05) is 0 Å². The van der Waals surface area contributed by atoms with E-state index >= 15 is 0 Å².